The van der Waals surface area contributed by atoms with Gasteiger partial charge in [-0.1, -0.05) is 28.1 Å². The first kappa shape index (κ1) is 9.22. The average molecular weight is 240 g/mol. The Kier molecular flexibility index (Phi) is 2.00. The molecule has 2 heteroatoms. The van der Waals surface area contributed by atoms with Crippen LogP contribution in [-0.2, 0) is 5.54 Å². The number of nitrogens with two attached hydrogens (primary N) is 1. The number of halogens is 1. The summed E-state index contributed by atoms with van der Waals surface area (Å²) in [7, 11) is 0. The summed E-state index contributed by atoms with van der Waals surface area (Å²) in [6.07, 6.45) is 2.26. The highest BCUT2D eigenvalue weighted by atomic mass is 79.9. The van der Waals surface area contributed by atoms with E-state index >= 15 is 0 Å². The van der Waals surface area contributed by atoms with Gasteiger partial charge in [-0.3, -0.25) is 0 Å². The van der Waals surface area contributed by atoms with Crippen molar-refractivity contribution in [1.82, 2.24) is 0 Å². The lowest BCUT2D eigenvalue weighted by Crippen LogP contribution is -2.18. The first-order valence-corrected chi connectivity index (χ1v) is 5.38. The minimum absolute atomic E-state index is 0.00375. The fourth-order valence-electron chi connectivity index (χ4n) is 1.66. The van der Waals surface area contributed by atoms with Crippen molar-refractivity contribution < 1.29 is 0 Å². The Labute approximate surface area is 87.5 Å². The highest BCUT2D eigenvalue weighted by molar-refractivity contribution is 9.10. The van der Waals surface area contributed by atoms with Crippen LogP contribution in [0.5, 0.6) is 0 Å². The number of hydrogen-bond donors (Lipinski definition) is 1. The average Bonchev–Trinajstić information content (AvgIpc) is 2.80. The van der Waals surface area contributed by atoms with Crippen LogP contribution in [0.2, 0.25) is 0 Å². The minimum atomic E-state index is -0.00375. The molecule has 0 aromatic heterocycles. The molecule has 0 unspecified atom stereocenters. The molecule has 0 amide bonds. The molecule has 0 aliphatic heterocycles. The molecule has 0 heterocycles. The molecular weight excluding hydrogens is 226 g/mol. The normalized spacial score (nSPS) is 18.8. The van der Waals surface area contributed by atoms with Crippen molar-refractivity contribution in [3.05, 3.63) is 33.3 Å². The van der Waals surface area contributed by atoms with Gasteiger partial charge in [0.2, 0.25) is 0 Å². The van der Waals surface area contributed by atoms with Gasteiger partial charge in [-0.2, -0.15) is 0 Å². The van der Waals surface area contributed by atoms with Gasteiger partial charge < -0.3 is 5.73 Å². The lowest BCUT2D eigenvalue weighted by Gasteiger charge is -2.12. The molecule has 13 heavy (non-hydrogen) atoms. The van der Waals surface area contributed by atoms with Crippen molar-refractivity contribution in [1.29, 1.82) is 0 Å². The zero-order chi connectivity index (χ0) is 9.64. The van der Waals surface area contributed by atoms with E-state index in [1.807, 2.05) is 0 Å². The third-order valence-electron chi connectivity index (χ3n) is 2.80. The zero-order valence-corrected chi connectivity index (χ0v) is 9.61. The maximum atomic E-state index is 6.14. The zero-order valence-electron chi connectivity index (χ0n) is 8.02. The monoisotopic (exact) mass is 239 g/mol. The summed E-state index contributed by atoms with van der Waals surface area (Å²) in [5, 5.41) is 0. The van der Waals surface area contributed by atoms with Crippen LogP contribution in [0.1, 0.15) is 29.5 Å². The van der Waals surface area contributed by atoms with E-state index in [9.17, 15) is 0 Å². The summed E-state index contributed by atoms with van der Waals surface area (Å²) in [6, 6.07) is 4.40. The molecule has 1 fully saturated rings. The van der Waals surface area contributed by atoms with Crippen molar-refractivity contribution in [2.45, 2.75) is 32.2 Å². The predicted molar refractivity (Wildman–Crippen MR) is 58.7 cm³/mol. The van der Waals surface area contributed by atoms with Crippen LogP contribution >= 0.6 is 15.9 Å². The van der Waals surface area contributed by atoms with E-state index in [0.29, 0.717) is 0 Å². The molecule has 0 radical (unpaired) electrons. The third kappa shape index (κ3) is 1.53. The Morgan fingerprint density at radius 2 is 1.69 bits per heavy atom. The molecule has 1 aliphatic carbocycles. The maximum Gasteiger partial charge on any atom is 0.0411 e. The van der Waals surface area contributed by atoms with E-state index in [1.54, 1.807) is 0 Å². The van der Waals surface area contributed by atoms with Gasteiger partial charge in [-0.05, 0) is 43.4 Å². The van der Waals surface area contributed by atoms with Crippen molar-refractivity contribution in [3.63, 3.8) is 0 Å². The van der Waals surface area contributed by atoms with Crippen LogP contribution < -0.4 is 5.73 Å². The molecule has 0 spiro atoms. The quantitative estimate of drug-likeness (QED) is 0.802. The topological polar surface area (TPSA) is 26.0 Å². The van der Waals surface area contributed by atoms with Crippen LogP contribution in [0.25, 0.3) is 0 Å². The Balaban J connectivity index is 2.50. The molecule has 1 aliphatic rings. The Morgan fingerprint density at radius 1 is 1.23 bits per heavy atom. The van der Waals surface area contributed by atoms with Crippen LogP contribution in [-0.4, -0.2) is 0 Å². The highest BCUT2D eigenvalue weighted by Gasteiger charge is 2.40. The number of hydrogen-bond acceptors (Lipinski definition) is 1. The van der Waals surface area contributed by atoms with Crippen LogP contribution in [0, 0.1) is 13.8 Å². The van der Waals surface area contributed by atoms with Crippen molar-refractivity contribution >= 4 is 15.9 Å². The lowest BCUT2D eigenvalue weighted by atomic mass is 10.0. The molecular formula is C11H14BrN. The molecule has 2 N–H and O–H groups in total. The first-order valence-electron chi connectivity index (χ1n) is 4.59. The van der Waals surface area contributed by atoms with Crippen molar-refractivity contribution in [3.8, 4) is 0 Å². The standard InChI is InChI=1S/C11H14BrN/c1-7-5-9(11(13)3-4-11)6-8(2)10(7)12/h5-6H,3-4,13H2,1-2H3. The molecule has 1 saturated carbocycles. The van der Waals surface area contributed by atoms with Crippen molar-refractivity contribution in [2.24, 2.45) is 5.73 Å². The fraction of sp³-hybridized carbons (Fsp3) is 0.455. The summed E-state index contributed by atoms with van der Waals surface area (Å²) < 4.78 is 1.21. The van der Waals surface area contributed by atoms with E-state index in [2.05, 4.69) is 41.9 Å². The summed E-state index contributed by atoms with van der Waals surface area (Å²) in [6.45, 7) is 4.23. The Morgan fingerprint density at radius 3 is 2.08 bits per heavy atom. The smallest absolute Gasteiger partial charge is 0.0411 e. The van der Waals surface area contributed by atoms with Gasteiger partial charge in [0, 0.05) is 10.0 Å². The summed E-state index contributed by atoms with van der Waals surface area (Å²) in [5.74, 6) is 0. The van der Waals surface area contributed by atoms with Gasteiger partial charge in [0.25, 0.3) is 0 Å². The molecule has 1 aromatic carbocycles. The summed E-state index contributed by atoms with van der Waals surface area (Å²) in [4.78, 5) is 0. The number of aryl methyl sites for hydroxylation is 2. The Bertz CT molecular complexity index is 330. The van der Waals surface area contributed by atoms with E-state index in [1.165, 1.54) is 21.2 Å². The second-order valence-corrected chi connectivity index (χ2v) is 4.87. The van der Waals surface area contributed by atoms with E-state index in [4.69, 9.17) is 5.73 Å². The molecule has 1 nitrogen and oxygen atoms in total. The molecule has 0 atom stereocenters. The second-order valence-electron chi connectivity index (χ2n) is 4.08. The number of rotatable bonds is 1. The minimum Gasteiger partial charge on any atom is -0.321 e. The van der Waals surface area contributed by atoms with Crippen molar-refractivity contribution in [2.75, 3.05) is 0 Å². The molecule has 1 aromatic rings. The van der Waals surface area contributed by atoms with Gasteiger partial charge >= 0.3 is 0 Å². The number of benzene rings is 1. The third-order valence-corrected chi connectivity index (χ3v) is 4.05. The highest BCUT2D eigenvalue weighted by Crippen LogP contribution is 2.43. The SMILES string of the molecule is Cc1cc(C2(N)CC2)cc(C)c1Br. The van der Waals surface area contributed by atoms with E-state index < -0.39 is 0 Å². The molecule has 0 bridgehead atoms. The lowest BCUT2D eigenvalue weighted by molar-refractivity contribution is 0.737. The first-order chi connectivity index (χ1) is 6.03. The van der Waals surface area contributed by atoms with Crippen LogP contribution in [0.3, 0.4) is 0 Å². The van der Waals surface area contributed by atoms with Gasteiger partial charge in [-0.25, -0.2) is 0 Å². The summed E-state index contributed by atoms with van der Waals surface area (Å²) >= 11 is 3.56. The van der Waals surface area contributed by atoms with Crippen LogP contribution in [0.4, 0.5) is 0 Å². The fourth-order valence-corrected chi connectivity index (χ4v) is 1.89. The van der Waals surface area contributed by atoms with Gasteiger partial charge in [-0.15, -0.1) is 0 Å². The van der Waals surface area contributed by atoms with Gasteiger partial charge in [0.05, 0.1) is 0 Å². The molecule has 2 rings (SSSR count). The van der Waals surface area contributed by atoms with Gasteiger partial charge in [0.15, 0.2) is 0 Å². The second kappa shape index (κ2) is 2.82. The van der Waals surface area contributed by atoms with Gasteiger partial charge in [0.1, 0.15) is 0 Å². The summed E-state index contributed by atoms with van der Waals surface area (Å²) in [5.41, 5.74) is 10.0. The van der Waals surface area contributed by atoms with E-state index in [0.717, 1.165) is 12.8 Å². The molecule has 0 saturated heterocycles. The molecule has 70 valence electrons. The predicted octanol–water partition coefficient (Wildman–Crippen LogP) is 3.01. The largest absolute Gasteiger partial charge is 0.321 e. The van der Waals surface area contributed by atoms with E-state index in [-0.39, 0.29) is 5.54 Å². The Hall–Kier alpha value is -0.340. The maximum absolute atomic E-state index is 6.14. The van der Waals surface area contributed by atoms with Crippen LogP contribution in [0.15, 0.2) is 16.6 Å².